The Balaban J connectivity index is 1.85. The van der Waals surface area contributed by atoms with Crippen molar-refractivity contribution < 1.29 is 13.5 Å². The predicted octanol–water partition coefficient (Wildman–Crippen LogP) is 3.42. The number of hydrogen-bond donors (Lipinski definition) is 1. The van der Waals surface area contributed by atoms with Crippen molar-refractivity contribution in [1.29, 1.82) is 0 Å². The Kier molecular flexibility index (Phi) is 4.99. The quantitative estimate of drug-likeness (QED) is 0.894. The number of hydrogen-bond acceptors (Lipinski definition) is 5. The number of rotatable bonds is 5. The highest BCUT2D eigenvalue weighted by Crippen LogP contribution is 2.34. The van der Waals surface area contributed by atoms with Crippen molar-refractivity contribution in [2.24, 2.45) is 0 Å². The Morgan fingerprint density at radius 3 is 2.56 bits per heavy atom. The number of methoxy groups -OCH3 is 1. The van der Waals surface area contributed by atoms with Gasteiger partial charge in [0.15, 0.2) is 0 Å². The molecule has 2 aromatic heterocycles. The zero-order valence-electron chi connectivity index (χ0n) is 14.7. The zero-order chi connectivity index (χ0) is 18.0. The van der Waals surface area contributed by atoms with E-state index in [1.54, 1.807) is 17.9 Å². The summed E-state index contributed by atoms with van der Waals surface area (Å²) in [5.41, 5.74) is 2.52. The molecule has 0 saturated heterocycles. The van der Waals surface area contributed by atoms with Crippen LogP contribution in [0, 0.1) is 13.8 Å². The molecule has 0 bridgehead atoms. The van der Waals surface area contributed by atoms with E-state index in [0.717, 1.165) is 11.4 Å². The molecule has 0 radical (unpaired) electrons. The number of halogens is 2. The molecular weight excluding hydrogens is 328 g/mol. The normalized spacial score (nSPS) is 17.6. The van der Waals surface area contributed by atoms with Crippen LogP contribution in [-0.2, 0) is 11.3 Å². The Bertz CT molecular complexity index is 737. The molecule has 0 amide bonds. The van der Waals surface area contributed by atoms with Crippen LogP contribution in [0.15, 0.2) is 12.1 Å². The van der Waals surface area contributed by atoms with Gasteiger partial charge in [-0.3, -0.25) is 0 Å². The molecule has 8 heteroatoms. The van der Waals surface area contributed by atoms with E-state index in [4.69, 9.17) is 4.74 Å². The number of nitrogens with zero attached hydrogens (tertiary/aromatic N) is 4. The van der Waals surface area contributed by atoms with Crippen molar-refractivity contribution in [3.05, 3.63) is 29.2 Å². The lowest BCUT2D eigenvalue weighted by atomic mass is 9.92. The molecular formula is C17H23F2N5O. The third kappa shape index (κ3) is 4.31. The fourth-order valence-electron chi connectivity index (χ4n) is 3.10. The maximum atomic E-state index is 13.3. The van der Waals surface area contributed by atoms with Gasteiger partial charge in [0.2, 0.25) is 5.92 Å². The summed E-state index contributed by atoms with van der Waals surface area (Å²) in [5, 5.41) is 7.69. The number of anilines is 1. The minimum Gasteiger partial charge on any atom is -0.378 e. The van der Waals surface area contributed by atoms with E-state index < -0.39 is 5.92 Å². The molecule has 3 rings (SSSR count). The summed E-state index contributed by atoms with van der Waals surface area (Å²) in [6, 6.07) is 3.73. The summed E-state index contributed by atoms with van der Waals surface area (Å²) >= 11 is 0. The van der Waals surface area contributed by atoms with Gasteiger partial charge in [-0.15, -0.1) is 0 Å². The highest BCUT2D eigenvalue weighted by atomic mass is 19.3. The van der Waals surface area contributed by atoms with Crippen LogP contribution < -0.4 is 5.32 Å². The molecule has 0 atom stereocenters. The van der Waals surface area contributed by atoms with Crippen LogP contribution in [0.2, 0.25) is 0 Å². The topological polar surface area (TPSA) is 64.9 Å². The monoisotopic (exact) mass is 351 g/mol. The molecule has 136 valence electrons. The van der Waals surface area contributed by atoms with Gasteiger partial charge in [-0.05, 0) is 32.8 Å². The van der Waals surface area contributed by atoms with E-state index in [2.05, 4.69) is 20.4 Å². The van der Waals surface area contributed by atoms with Crippen molar-refractivity contribution in [2.45, 2.75) is 58.1 Å². The third-order valence-electron chi connectivity index (χ3n) is 4.33. The number of alkyl halides is 2. The first-order valence-corrected chi connectivity index (χ1v) is 8.41. The van der Waals surface area contributed by atoms with E-state index in [9.17, 15) is 8.78 Å². The highest BCUT2D eigenvalue weighted by Gasteiger charge is 2.35. The van der Waals surface area contributed by atoms with Crippen molar-refractivity contribution in [3.8, 4) is 5.95 Å². The Morgan fingerprint density at radius 1 is 1.24 bits per heavy atom. The Hall–Kier alpha value is -2.09. The molecule has 1 saturated carbocycles. The molecule has 0 aliphatic heterocycles. The third-order valence-corrected chi connectivity index (χ3v) is 4.33. The van der Waals surface area contributed by atoms with Crippen molar-refractivity contribution in [1.82, 2.24) is 19.7 Å². The van der Waals surface area contributed by atoms with Crippen LogP contribution in [0.25, 0.3) is 5.95 Å². The fraction of sp³-hybridized carbons (Fsp3) is 0.588. The molecule has 25 heavy (non-hydrogen) atoms. The lowest BCUT2D eigenvalue weighted by molar-refractivity contribution is -0.0361. The number of nitrogens with one attached hydrogen (secondary N) is 1. The van der Waals surface area contributed by atoms with Crippen LogP contribution in [0.3, 0.4) is 0 Å². The average molecular weight is 351 g/mol. The van der Waals surface area contributed by atoms with Gasteiger partial charge in [-0.25, -0.2) is 18.4 Å². The number of aromatic nitrogens is 4. The van der Waals surface area contributed by atoms with Crippen LogP contribution in [0.1, 0.15) is 42.8 Å². The molecule has 2 aromatic rings. The zero-order valence-corrected chi connectivity index (χ0v) is 14.7. The van der Waals surface area contributed by atoms with Crippen molar-refractivity contribution in [3.63, 3.8) is 0 Å². The number of ether oxygens (including phenoxy) is 1. The molecule has 0 spiro atoms. The molecule has 1 N–H and O–H groups in total. The molecule has 1 aliphatic rings. The average Bonchev–Trinajstić information content (AvgIpc) is 2.88. The maximum Gasteiger partial charge on any atom is 0.253 e. The van der Waals surface area contributed by atoms with Gasteiger partial charge in [0, 0.05) is 37.8 Å². The van der Waals surface area contributed by atoms with E-state index in [1.165, 1.54) is 0 Å². The summed E-state index contributed by atoms with van der Waals surface area (Å²) in [5.74, 6) is -1.48. The standard InChI is InChI=1S/C17H23F2N5O/c1-11-8-12(2)24(23-11)16-21-14(10-25-3)9-15(22-16)20-13-4-6-17(18,19)7-5-13/h8-9,13H,4-7,10H2,1-3H3,(H,20,21,22). The van der Waals surface area contributed by atoms with Gasteiger partial charge in [-0.1, -0.05) is 0 Å². The minimum absolute atomic E-state index is 0.0155. The SMILES string of the molecule is COCc1cc(NC2CCC(F)(F)CC2)nc(-n2nc(C)cc2C)n1. The molecule has 1 fully saturated rings. The summed E-state index contributed by atoms with van der Waals surface area (Å²) in [7, 11) is 1.60. The van der Waals surface area contributed by atoms with Crippen LogP contribution in [-0.4, -0.2) is 38.8 Å². The second-order valence-corrected chi connectivity index (χ2v) is 6.59. The predicted molar refractivity (Wildman–Crippen MR) is 90.2 cm³/mol. The van der Waals surface area contributed by atoms with E-state index in [-0.39, 0.29) is 18.9 Å². The second kappa shape index (κ2) is 7.03. The molecule has 0 aromatic carbocycles. The highest BCUT2D eigenvalue weighted by molar-refractivity contribution is 5.40. The van der Waals surface area contributed by atoms with Crippen molar-refractivity contribution in [2.75, 3.05) is 12.4 Å². The summed E-state index contributed by atoms with van der Waals surface area (Å²) in [6.45, 7) is 4.18. The fourth-order valence-corrected chi connectivity index (χ4v) is 3.10. The minimum atomic E-state index is -2.54. The first-order valence-electron chi connectivity index (χ1n) is 8.41. The van der Waals surface area contributed by atoms with Gasteiger partial charge in [0.1, 0.15) is 5.82 Å². The van der Waals surface area contributed by atoms with Gasteiger partial charge in [0.05, 0.1) is 18.0 Å². The van der Waals surface area contributed by atoms with Crippen LogP contribution in [0.4, 0.5) is 14.6 Å². The largest absolute Gasteiger partial charge is 0.378 e. The van der Waals surface area contributed by atoms with Gasteiger partial charge in [-0.2, -0.15) is 10.1 Å². The maximum absolute atomic E-state index is 13.3. The summed E-state index contributed by atoms with van der Waals surface area (Å²) in [6.07, 6.45) is 0.660. The first kappa shape index (κ1) is 17.7. The second-order valence-electron chi connectivity index (χ2n) is 6.59. The van der Waals surface area contributed by atoms with E-state index in [1.807, 2.05) is 19.9 Å². The van der Waals surface area contributed by atoms with Gasteiger partial charge >= 0.3 is 0 Å². The first-order chi connectivity index (χ1) is 11.9. The lowest BCUT2D eigenvalue weighted by Gasteiger charge is -2.29. The van der Waals surface area contributed by atoms with Gasteiger partial charge in [0.25, 0.3) is 5.95 Å². The summed E-state index contributed by atoms with van der Waals surface area (Å²) < 4.78 is 33.5. The number of aryl methyl sites for hydroxylation is 2. The molecule has 6 nitrogen and oxygen atoms in total. The lowest BCUT2D eigenvalue weighted by Crippen LogP contribution is -2.32. The van der Waals surface area contributed by atoms with Gasteiger partial charge < -0.3 is 10.1 Å². The van der Waals surface area contributed by atoms with Crippen LogP contribution in [0.5, 0.6) is 0 Å². The van der Waals surface area contributed by atoms with Crippen LogP contribution >= 0.6 is 0 Å². The summed E-state index contributed by atoms with van der Waals surface area (Å²) in [4.78, 5) is 9.01. The Morgan fingerprint density at radius 2 is 1.96 bits per heavy atom. The molecule has 0 unspecified atom stereocenters. The van der Waals surface area contributed by atoms with E-state index in [0.29, 0.717) is 36.9 Å². The Labute approximate surface area is 145 Å². The smallest absolute Gasteiger partial charge is 0.253 e. The van der Waals surface area contributed by atoms with Crippen molar-refractivity contribution >= 4 is 5.82 Å². The van der Waals surface area contributed by atoms with E-state index >= 15 is 0 Å². The molecule has 1 aliphatic carbocycles. The molecule has 2 heterocycles.